The molecule has 2 rings (SSSR count). The highest BCUT2D eigenvalue weighted by Crippen LogP contribution is 2.22. The van der Waals surface area contributed by atoms with Crippen LogP contribution in [0.15, 0.2) is 17.2 Å². The number of nitrogens with one attached hydrogen (secondary N) is 1. The SMILES string of the molecule is Nc1ncc(S(=O)(=O)N2CCNC(=O)CC2)cc1Cl. The van der Waals surface area contributed by atoms with E-state index in [4.69, 9.17) is 17.3 Å². The molecule has 0 unspecified atom stereocenters. The number of carbonyl (C=O) groups is 1. The second-order valence-corrected chi connectivity index (χ2v) is 6.39. The Bertz CT molecular complexity index is 605. The van der Waals surface area contributed by atoms with Crippen molar-refractivity contribution in [3.8, 4) is 0 Å². The first-order chi connectivity index (χ1) is 8.91. The normalized spacial score (nSPS) is 17.8. The van der Waals surface area contributed by atoms with Gasteiger partial charge in [-0.25, -0.2) is 13.4 Å². The van der Waals surface area contributed by atoms with Gasteiger partial charge in [0, 0.05) is 32.3 Å². The predicted octanol–water partition coefficient (Wildman–Crippen LogP) is -0.172. The number of aromatic nitrogens is 1. The van der Waals surface area contributed by atoms with E-state index in [0.29, 0.717) is 0 Å². The molecule has 0 atom stereocenters. The molecule has 0 radical (unpaired) electrons. The molecule has 0 spiro atoms. The zero-order chi connectivity index (χ0) is 14.0. The third kappa shape index (κ3) is 2.96. The lowest BCUT2D eigenvalue weighted by Crippen LogP contribution is -2.34. The van der Waals surface area contributed by atoms with Gasteiger partial charge in [-0.05, 0) is 6.07 Å². The van der Waals surface area contributed by atoms with E-state index in [-0.39, 0.29) is 47.7 Å². The van der Waals surface area contributed by atoms with Crippen molar-refractivity contribution in [3.05, 3.63) is 17.3 Å². The number of sulfonamides is 1. The summed E-state index contributed by atoms with van der Waals surface area (Å²) in [7, 11) is -3.71. The number of rotatable bonds is 2. The minimum Gasteiger partial charge on any atom is -0.382 e. The van der Waals surface area contributed by atoms with Gasteiger partial charge in [0.05, 0.1) is 5.02 Å². The minimum absolute atomic E-state index is 0.0268. The van der Waals surface area contributed by atoms with Gasteiger partial charge in [-0.15, -0.1) is 0 Å². The molecule has 7 nitrogen and oxygen atoms in total. The summed E-state index contributed by atoms with van der Waals surface area (Å²) in [6, 6.07) is 1.26. The van der Waals surface area contributed by atoms with Crippen LogP contribution in [0.1, 0.15) is 6.42 Å². The van der Waals surface area contributed by atoms with Gasteiger partial charge in [-0.1, -0.05) is 11.6 Å². The van der Waals surface area contributed by atoms with Crippen LogP contribution in [0, 0.1) is 0 Å². The molecular formula is C10H13ClN4O3S. The van der Waals surface area contributed by atoms with Gasteiger partial charge in [-0.2, -0.15) is 4.31 Å². The summed E-state index contributed by atoms with van der Waals surface area (Å²) >= 11 is 5.78. The fourth-order valence-electron chi connectivity index (χ4n) is 1.71. The van der Waals surface area contributed by atoms with E-state index < -0.39 is 10.0 Å². The fourth-order valence-corrected chi connectivity index (χ4v) is 3.35. The van der Waals surface area contributed by atoms with Crippen molar-refractivity contribution in [3.63, 3.8) is 0 Å². The summed E-state index contributed by atoms with van der Waals surface area (Å²) in [5.74, 6) is -0.0838. The van der Waals surface area contributed by atoms with Gasteiger partial charge in [0.1, 0.15) is 10.7 Å². The van der Waals surface area contributed by atoms with Crippen LogP contribution in [0.25, 0.3) is 0 Å². The number of hydrogen-bond acceptors (Lipinski definition) is 5. The summed E-state index contributed by atoms with van der Waals surface area (Å²) in [5, 5.41) is 2.70. The molecule has 1 fully saturated rings. The van der Waals surface area contributed by atoms with Crippen LogP contribution in [0.5, 0.6) is 0 Å². The molecule has 0 saturated carbocycles. The maximum absolute atomic E-state index is 12.4. The zero-order valence-corrected chi connectivity index (χ0v) is 11.5. The molecule has 104 valence electrons. The summed E-state index contributed by atoms with van der Waals surface area (Å²) in [6.07, 6.45) is 1.30. The van der Waals surface area contributed by atoms with E-state index in [1.165, 1.54) is 10.4 Å². The molecule has 1 aromatic rings. The van der Waals surface area contributed by atoms with Crippen molar-refractivity contribution in [2.75, 3.05) is 25.4 Å². The standard InChI is InChI=1S/C10H13ClN4O3S/c11-8-5-7(6-14-10(8)12)19(17,18)15-3-1-9(16)13-2-4-15/h5-6H,1-4H2,(H2,12,14)(H,13,16). The van der Waals surface area contributed by atoms with Crippen molar-refractivity contribution in [2.24, 2.45) is 0 Å². The molecule has 1 aliphatic rings. The molecule has 1 saturated heterocycles. The molecule has 0 aliphatic carbocycles. The zero-order valence-electron chi connectivity index (χ0n) is 9.97. The van der Waals surface area contributed by atoms with Crippen LogP contribution in [0.4, 0.5) is 5.82 Å². The van der Waals surface area contributed by atoms with Gasteiger partial charge in [0.25, 0.3) is 0 Å². The average Bonchev–Trinajstić information content (AvgIpc) is 2.57. The number of nitrogens with zero attached hydrogens (tertiary/aromatic N) is 2. The lowest BCUT2D eigenvalue weighted by molar-refractivity contribution is -0.120. The molecule has 19 heavy (non-hydrogen) atoms. The fraction of sp³-hybridized carbons (Fsp3) is 0.400. The summed E-state index contributed by atoms with van der Waals surface area (Å²) < 4.78 is 25.9. The number of nitrogen functional groups attached to an aromatic ring is 1. The predicted molar refractivity (Wildman–Crippen MR) is 70.0 cm³/mol. The Labute approximate surface area is 115 Å². The van der Waals surface area contributed by atoms with Crippen molar-refractivity contribution in [1.29, 1.82) is 0 Å². The molecule has 9 heteroatoms. The number of anilines is 1. The second kappa shape index (κ2) is 5.32. The Morgan fingerprint density at radius 3 is 2.84 bits per heavy atom. The Morgan fingerprint density at radius 2 is 2.16 bits per heavy atom. The second-order valence-electron chi connectivity index (χ2n) is 4.04. The largest absolute Gasteiger partial charge is 0.382 e. The smallest absolute Gasteiger partial charge is 0.244 e. The Morgan fingerprint density at radius 1 is 1.42 bits per heavy atom. The molecule has 2 heterocycles. The lowest BCUT2D eigenvalue weighted by Gasteiger charge is -2.19. The maximum atomic E-state index is 12.4. The number of carbonyl (C=O) groups excluding carboxylic acids is 1. The maximum Gasteiger partial charge on any atom is 0.244 e. The number of nitrogens with two attached hydrogens (primary N) is 1. The lowest BCUT2D eigenvalue weighted by atomic mass is 10.4. The molecule has 0 bridgehead atoms. The van der Waals surface area contributed by atoms with Crippen molar-refractivity contribution < 1.29 is 13.2 Å². The molecule has 1 aliphatic heterocycles. The van der Waals surface area contributed by atoms with Gasteiger partial charge in [-0.3, -0.25) is 4.79 Å². The first-order valence-electron chi connectivity index (χ1n) is 5.59. The van der Waals surface area contributed by atoms with E-state index in [0.717, 1.165) is 6.20 Å². The van der Waals surface area contributed by atoms with Gasteiger partial charge in [0.15, 0.2) is 0 Å². The summed E-state index contributed by atoms with van der Waals surface area (Å²) in [4.78, 5) is 14.9. The van der Waals surface area contributed by atoms with Crippen molar-refractivity contribution in [2.45, 2.75) is 11.3 Å². The van der Waals surface area contributed by atoms with Gasteiger partial charge < -0.3 is 11.1 Å². The molecular weight excluding hydrogens is 292 g/mol. The monoisotopic (exact) mass is 304 g/mol. The van der Waals surface area contributed by atoms with E-state index in [1.807, 2.05) is 0 Å². The van der Waals surface area contributed by atoms with Crippen LogP contribution in [-0.4, -0.2) is 43.2 Å². The highest BCUT2D eigenvalue weighted by molar-refractivity contribution is 7.89. The van der Waals surface area contributed by atoms with Crippen LogP contribution >= 0.6 is 11.6 Å². The quantitative estimate of drug-likeness (QED) is 0.789. The number of hydrogen-bond donors (Lipinski definition) is 2. The van der Waals surface area contributed by atoms with E-state index >= 15 is 0 Å². The van der Waals surface area contributed by atoms with Crippen LogP contribution in [0.2, 0.25) is 5.02 Å². The van der Waals surface area contributed by atoms with Crippen molar-refractivity contribution >= 4 is 33.3 Å². The Balaban J connectivity index is 2.30. The molecule has 3 N–H and O–H groups in total. The Kier molecular flexibility index (Phi) is 3.93. The molecule has 1 aromatic heterocycles. The first kappa shape index (κ1) is 14.0. The average molecular weight is 305 g/mol. The molecule has 1 amide bonds. The topological polar surface area (TPSA) is 105 Å². The number of amides is 1. The van der Waals surface area contributed by atoms with Gasteiger partial charge in [0.2, 0.25) is 15.9 Å². The van der Waals surface area contributed by atoms with Crippen molar-refractivity contribution in [1.82, 2.24) is 14.6 Å². The van der Waals surface area contributed by atoms with Gasteiger partial charge >= 0.3 is 0 Å². The van der Waals surface area contributed by atoms with E-state index in [9.17, 15) is 13.2 Å². The summed E-state index contributed by atoms with van der Waals surface area (Å²) in [5.41, 5.74) is 5.45. The highest BCUT2D eigenvalue weighted by atomic mass is 35.5. The van der Waals surface area contributed by atoms with Crippen LogP contribution in [-0.2, 0) is 14.8 Å². The third-order valence-corrected chi connectivity index (χ3v) is 4.92. The number of pyridine rings is 1. The van der Waals surface area contributed by atoms with E-state index in [2.05, 4.69) is 10.3 Å². The Hall–Kier alpha value is -1.38. The summed E-state index contributed by atoms with van der Waals surface area (Å²) in [6.45, 7) is 0.639. The number of halogens is 1. The minimum atomic E-state index is -3.71. The molecule has 0 aromatic carbocycles. The highest BCUT2D eigenvalue weighted by Gasteiger charge is 2.27. The first-order valence-corrected chi connectivity index (χ1v) is 7.41. The van der Waals surface area contributed by atoms with E-state index in [1.54, 1.807) is 0 Å². The van der Waals surface area contributed by atoms with Crippen LogP contribution < -0.4 is 11.1 Å². The van der Waals surface area contributed by atoms with Crippen LogP contribution in [0.3, 0.4) is 0 Å². The third-order valence-electron chi connectivity index (χ3n) is 2.75.